The van der Waals surface area contributed by atoms with E-state index in [1.807, 2.05) is 13.0 Å². The van der Waals surface area contributed by atoms with E-state index in [4.69, 9.17) is 24.0 Å². The van der Waals surface area contributed by atoms with Gasteiger partial charge in [-0.1, -0.05) is 72.6 Å². The minimum absolute atomic E-state index is 0. The van der Waals surface area contributed by atoms with Crippen LogP contribution in [0.15, 0.2) is 6.07 Å². The third-order valence-corrected chi connectivity index (χ3v) is 7.44. The van der Waals surface area contributed by atoms with Crippen LogP contribution >= 0.6 is 7.82 Å². The zero-order chi connectivity index (χ0) is 26.8. The Kier molecular flexibility index (Phi) is 20.7. The molecule has 37 heavy (non-hydrogen) atoms. The predicted molar refractivity (Wildman–Crippen MR) is 146 cm³/mol. The summed E-state index contributed by atoms with van der Waals surface area (Å²) in [6.45, 7) is 15.9. The molecule has 0 saturated carbocycles. The molecular weight excluding hydrogens is 509 g/mol. The molecule has 0 bridgehead atoms. The normalized spacial score (nSPS) is 18.4. The largest absolute Gasteiger partial charge is 1.00 e. The molecule has 1 aromatic rings. The first-order valence-electron chi connectivity index (χ1n) is 13.4. The van der Waals surface area contributed by atoms with Gasteiger partial charge in [0.15, 0.2) is 0 Å². The molecule has 1 heterocycles. The van der Waals surface area contributed by atoms with Gasteiger partial charge in [-0.15, -0.1) is 0 Å². The number of fused-ring (bicyclic) bond motifs is 1. The fraction of sp³-hybridized carbons (Fsp3) is 0.786. The Hall–Kier alpha value is 0.930. The predicted octanol–water partition coefficient (Wildman–Crippen LogP) is 1.84. The Morgan fingerprint density at radius 2 is 1.38 bits per heavy atom. The minimum atomic E-state index is -4.64. The van der Waals surface area contributed by atoms with Gasteiger partial charge < -0.3 is 27.4 Å². The number of hydrogen-bond donors (Lipinski definition) is 4. The Labute approximate surface area is 273 Å². The Bertz CT molecular complexity index is 832. The van der Waals surface area contributed by atoms with Gasteiger partial charge in [-0.2, -0.15) is 0 Å². The number of phenolic OH excluding ortho intramolecular Hbond substituents is 1. The first kappa shape index (κ1) is 40.1. The number of aryl methyl sites for hydroxylation is 1. The van der Waals surface area contributed by atoms with Crippen molar-refractivity contribution < 1.29 is 91.1 Å². The number of rotatable bonds is 12. The van der Waals surface area contributed by atoms with Gasteiger partial charge in [-0.3, -0.25) is 0 Å². The fourth-order valence-corrected chi connectivity index (χ4v) is 4.94. The van der Waals surface area contributed by atoms with E-state index in [1.165, 1.54) is 56.9 Å². The van der Waals surface area contributed by atoms with E-state index in [0.29, 0.717) is 5.75 Å². The molecule has 6 nitrogen and oxygen atoms in total. The molecule has 0 aromatic heterocycles. The number of hydrogen-bond acceptors (Lipinski definition) is 3. The van der Waals surface area contributed by atoms with E-state index in [2.05, 4.69) is 41.5 Å². The summed E-state index contributed by atoms with van der Waals surface area (Å²) in [5.74, 6) is 3.98. The van der Waals surface area contributed by atoms with Crippen LogP contribution in [0.1, 0.15) is 118 Å². The molecular formula is C28H53Na2O6P. The van der Waals surface area contributed by atoms with Gasteiger partial charge in [0.25, 0.3) is 0 Å². The van der Waals surface area contributed by atoms with Crippen LogP contribution in [0.2, 0.25) is 0 Å². The van der Waals surface area contributed by atoms with Crippen LogP contribution in [0.25, 0.3) is 0 Å². The molecule has 0 fully saturated rings. The molecule has 2 rings (SSSR count). The summed E-state index contributed by atoms with van der Waals surface area (Å²) in [4.78, 5) is 21.6. The summed E-state index contributed by atoms with van der Waals surface area (Å²) in [6.07, 6.45) is 14.1. The number of benzene rings is 1. The average Bonchev–Trinajstić information content (AvgIpc) is 2.71. The van der Waals surface area contributed by atoms with Crippen molar-refractivity contribution in [3.05, 3.63) is 22.8 Å². The maximum Gasteiger partial charge on any atom is 1.00 e. The van der Waals surface area contributed by atoms with E-state index >= 15 is 0 Å². The van der Waals surface area contributed by atoms with Gasteiger partial charge >= 0.3 is 66.9 Å². The molecule has 9 heteroatoms. The molecule has 3 atom stereocenters. The zero-order valence-electron chi connectivity index (χ0n) is 27.1. The van der Waals surface area contributed by atoms with Crippen LogP contribution < -0.4 is 63.9 Å². The molecule has 0 aliphatic carbocycles. The topological polar surface area (TPSA) is 107 Å². The standard InChI is InChI=1S/C28H48O2.2Na.H3O4P.2H/c1-20(2)11-8-12-21(3)13-9-14-22(4)15-10-17-28(7)18-16-25-19-26(29)23(5)24(6)27(25)30-28;;;1-5(2,3)4;;/h19-22,29H,8-18H2,1-7H3;;;(H3,1,2,3,4);;/q;2*+1;;2*-1/t21-,22-,28-;;;;;/m1...../s1. The maximum absolute atomic E-state index is 10.1. The minimum Gasteiger partial charge on any atom is -1.00 e. The number of aromatic hydroxyl groups is 1. The third kappa shape index (κ3) is 17.4. The van der Waals surface area contributed by atoms with Gasteiger partial charge in [-0.25, -0.2) is 4.57 Å². The number of ether oxygens (including phenoxy) is 1. The van der Waals surface area contributed by atoms with Crippen LogP contribution in [0.4, 0.5) is 0 Å². The van der Waals surface area contributed by atoms with Crippen molar-refractivity contribution >= 4 is 7.82 Å². The summed E-state index contributed by atoms with van der Waals surface area (Å²) < 4.78 is 15.4. The third-order valence-electron chi connectivity index (χ3n) is 7.44. The quantitative estimate of drug-likeness (QED) is 0.229. The molecule has 0 spiro atoms. The van der Waals surface area contributed by atoms with Gasteiger partial charge in [-0.05, 0) is 87.0 Å². The summed E-state index contributed by atoms with van der Waals surface area (Å²) in [5, 5.41) is 10.1. The van der Waals surface area contributed by atoms with Crippen molar-refractivity contribution in [3.8, 4) is 11.5 Å². The molecule has 208 valence electrons. The van der Waals surface area contributed by atoms with E-state index in [0.717, 1.165) is 53.9 Å². The molecule has 1 aliphatic heterocycles. The second kappa shape index (κ2) is 19.1. The second-order valence-corrected chi connectivity index (χ2v) is 12.6. The van der Waals surface area contributed by atoms with Crippen LogP contribution in [0.5, 0.6) is 11.5 Å². The van der Waals surface area contributed by atoms with Gasteiger partial charge in [0.1, 0.15) is 17.1 Å². The first-order chi connectivity index (χ1) is 16.1. The van der Waals surface area contributed by atoms with Crippen molar-refractivity contribution in [2.45, 2.75) is 125 Å². The first-order valence-corrected chi connectivity index (χ1v) is 15.0. The van der Waals surface area contributed by atoms with Gasteiger partial charge in [0.05, 0.1) is 0 Å². The number of phenols is 1. The van der Waals surface area contributed by atoms with E-state index in [9.17, 15) is 5.11 Å². The van der Waals surface area contributed by atoms with Crippen molar-refractivity contribution in [1.82, 2.24) is 0 Å². The molecule has 1 aliphatic rings. The van der Waals surface area contributed by atoms with E-state index in [-0.39, 0.29) is 67.6 Å². The molecule has 0 saturated heterocycles. The Balaban J connectivity index is -0.000000623. The van der Waals surface area contributed by atoms with Crippen LogP contribution in [-0.4, -0.2) is 25.4 Å². The molecule has 0 unspecified atom stereocenters. The van der Waals surface area contributed by atoms with E-state index < -0.39 is 7.82 Å². The molecule has 0 amide bonds. The Morgan fingerprint density at radius 3 is 1.86 bits per heavy atom. The van der Waals surface area contributed by atoms with Crippen LogP contribution in [-0.2, 0) is 11.0 Å². The fourth-order valence-electron chi connectivity index (χ4n) is 4.94. The molecule has 0 radical (unpaired) electrons. The van der Waals surface area contributed by atoms with E-state index in [1.54, 1.807) is 0 Å². The number of phosphoric acid groups is 1. The second-order valence-electron chi connectivity index (χ2n) is 11.6. The summed E-state index contributed by atoms with van der Waals surface area (Å²) in [7, 11) is -4.64. The SMILES string of the molecule is Cc1c(O)cc2c(c1C)O[C@](C)(CCC[C@H](C)CCC[C@H](C)CCCC(C)C)CC2.O=P(O)(O)O.[H-].[H-].[Na+].[Na+]. The Morgan fingerprint density at radius 1 is 0.919 bits per heavy atom. The van der Waals surface area contributed by atoms with Crippen molar-refractivity contribution in [3.63, 3.8) is 0 Å². The van der Waals surface area contributed by atoms with Crippen molar-refractivity contribution in [2.75, 3.05) is 0 Å². The summed E-state index contributed by atoms with van der Waals surface area (Å²) in [6, 6.07) is 1.91. The van der Waals surface area contributed by atoms with Gasteiger partial charge in [0.2, 0.25) is 0 Å². The monoisotopic (exact) mass is 562 g/mol. The molecule has 4 N–H and O–H groups in total. The van der Waals surface area contributed by atoms with Crippen molar-refractivity contribution in [2.24, 2.45) is 17.8 Å². The summed E-state index contributed by atoms with van der Waals surface area (Å²) in [5.41, 5.74) is 3.16. The van der Waals surface area contributed by atoms with Crippen LogP contribution in [0, 0.1) is 31.6 Å². The summed E-state index contributed by atoms with van der Waals surface area (Å²) >= 11 is 0. The van der Waals surface area contributed by atoms with Crippen molar-refractivity contribution in [1.29, 1.82) is 0 Å². The maximum atomic E-state index is 10.1. The average molecular weight is 563 g/mol. The molecule has 1 aromatic carbocycles. The zero-order valence-corrected chi connectivity index (χ0v) is 30.0. The van der Waals surface area contributed by atoms with Crippen LogP contribution in [0.3, 0.4) is 0 Å². The smallest absolute Gasteiger partial charge is 1.00 e. The van der Waals surface area contributed by atoms with Gasteiger partial charge in [0, 0.05) is 0 Å².